The summed E-state index contributed by atoms with van der Waals surface area (Å²) in [6.45, 7) is 4.90. The summed E-state index contributed by atoms with van der Waals surface area (Å²) in [5.74, 6) is 2.36. The van der Waals surface area contributed by atoms with Crippen molar-refractivity contribution >= 4 is 27.1 Å². The Kier molecular flexibility index (Phi) is 8.51. The molecule has 2 aliphatic heterocycles. The summed E-state index contributed by atoms with van der Waals surface area (Å²) in [5, 5.41) is 17.6. The molecule has 1 aromatic heterocycles. The summed E-state index contributed by atoms with van der Waals surface area (Å²) in [7, 11) is 1.74. The van der Waals surface area contributed by atoms with Crippen LogP contribution in [0.3, 0.4) is 0 Å². The Hall–Kier alpha value is -3.14. The van der Waals surface area contributed by atoms with Gasteiger partial charge in [-0.3, -0.25) is 0 Å². The smallest absolute Gasteiger partial charge is 0.142 e. The molecular weight excluding hydrogens is 524 g/mol. The molecule has 1 fully saturated rings. The number of nitrogens with zero attached hydrogens (tertiary/aromatic N) is 1. The molecule has 7 nitrogen and oxygen atoms in total. The van der Waals surface area contributed by atoms with Crippen molar-refractivity contribution in [1.82, 2.24) is 5.32 Å². The number of fused-ring (bicyclic) bond motifs is 2. The molecule has 0 bridgehead atoms. The largest absolute Gasteiger partial charge is 0.490 e. The Balaban J connectivity index is 1.12. The molecule has 2 aliphatic rings. The maximum absolute atomic E-state index is 11.0. The summed E-state index contributed by atoms with van der Waals surface area (Å²) in [6.07, 6.45) is 0.263. The van der Waals surface area contributed by atoms with Gasteiger partial charge < -0.3 is 34.3 Å². The van der Waals surface area contributed by atoms with Crippen LogP contribution in [0.2, 0.25) is 0 Å². The first-order valence-corrected chi connectivity index (χ1v) is 14.8. The minimum Gasteiger partial charge on any atom is -0.490 e. The quantitative estimate of drug-likeness (QED) is 0.246. The van der Waals surface area contributed by atoms with E-state index in [4.69, 9.17) is 18.9 Å². The van der Waals surface area contributed by atoms with Crippen LogP contribution in [0.4, 0.5) is 5.69 Å². The minimum absolute atomic E-state index is 0.135. The van der Waals surface area contributed by atoms with Crippen molar-refractivity contribution in [1.29, 1.82) is 0 Å². The molecule has 4 aromatic rings. The number of methoxy groups -OCH3 is 1. The van der Waals surface area contributed by atoms with Gasteiger partial charge in [0.05, 0.1) is 31.0 Å². The predicted molar refractivity (Wildman–Crippen MR) is 159 cm³/mol. The highest BCUT2D eigenvalue weighted by atomic mass is 32.1. The second-order valence-electron chi connectivity index (χ2n) is 10.4. The van der Waals surface area contributed by atoms with Crippen LogP contribution in [0.5, 0.6) is 17.2 Å². The maximum atomic E-state index is 11.0. The van der Waals surface area contributed by atoms with Gasteiger partial charge in [-0.05, 0) is 76.8 Å². The van der Waals surface area contributed by atoms with E-state index in [1.165, 1.54) is 10.1 Å². The van der Waals surface area contributed by atoms with Crippen LogP contribution in [0.1, 0.15) is 23.5 Å². The summed E-state index contributed by atoms with van der Waals surface area (Å²) in [6, 6.07) is 22.6. The van der Waals surface area contributed by atoms with Crippen LogP contribution < -0.4 is 19.7 Å². The number of hydrogen-bond donors (Lipinski definition) is 2. The molecular formula is C32H36N2O5S. The predicted octanol–water partition coefficient (Wildman–Crippen LogP) is 5.56. The number of thiophene rings is 1. The standard InChI is InChI=1S/C32H36N2O5S/c1-36-14-2-12-34-13-15-37-29-9-3-22(17-27(29)34)21-38-30-20-33-19-28(35)32(30)23-4-6-25(7-5-23)39-26-8-10-31-24(18-26)11-16-40-31/h3-11,16-18,28,30,32-33,35H,2,12-15,19-21H2,1H3. The zero-order valence-electron chi connectivity index (χ0n) is 22.8. The fraction of sp³-hybridized carbons (Fsp3) is 0.375. The fourth-order valence-corrected chi connectivity index (χ4v) is 6.39. The van der Waals surface area contributed by atoms with E-state index in [-0.39, 0.29) is 12.0 Å². The van der Waals surface area contributed by atoms with Crippen LogP contribution in [-0.2, 0) is 16.1 Å². The van der Waals surface area contributed by atoms with Crippen LogP contribution in [0, 0.1) is 0 Å². The van der Waals surface area contributed by atoms with Crippen LogP contribution in [0.25, 0.3) is 10.1 Å². The van der Waals surface area contributed by atoms with Gasteiger partial charge in [0.15, 0.2) is 0 Å². The molecule has 8 heteroatoms. The molecule has 3 atom stereocenters. The Labute approximate surface area is 239 Å². The molecule has 0 amide bonds. The number of anilines is 1. The number of piperidine rings is 1. The third kappa shape index (κ3) is 6.11. The van der Waals surface area contributed by atoms with Crippen LogP contribution in [-0.4, -0.2) is 63.8 Å². The molecule has 3 aromatic carbocycles. The van der Waals surface area contributed by atoms with Gasteiger partial charge in [-0.1, -0.05) is 18.2 Å². The molecule has 0 spiro atoms. The number of β-amino-alcohol motifs (C(OH)–C–C–N with tert-alkyl or cyclic N) is 1. The molecule has 40 heavy (non-hydrogen) atoms. The molecule has 0 aliphatic carbocycles. The third-order valence-corrected chi connectivity index (χ3v) is 8.56. The first-order valence-electron chi connectivity index (χ1n) is 13.9. The first-order chi connectivity index (χ1) is 19.7. The molecule has 210 valence electrons. The average molecular weight is 561 g/mol. The second-order valence-corrected chi connectivity index (χ2v) is 11.3. The summed E-state index contributed by atoms with van der Waals surface area (Å²) in [4.78, 5) is 2.36. The van der Waals surface area contributed by atoms with Crippen molar-refractivity contribution in [2.45, 2.75) is 31.2 Å². The molecule has 2 N–H and O–H groups in total. The van der Waals surface area contributed by atoms with E-state index in [1.807, 2.05) is 36.4 Å². The van der Waals surface area contributed by atoms with Gasteiger partial charge in [0, 0.05) is 44.0 Å². The highest BCUT2D eigenvalue weighted by molar-refractivity contribution is 7.17. The zero-order valence-corrected chi connectivity index (χ0v) is 23.6. The highest BCUT2D eigenvalue weighted by Crippen LogP contribution is 2.35. The number of hydrogen-bond acceptors (Lipinski definition) is 8. The van der Waals surface area contributed by atoms with E-state index < -0.39 is 6.10 Å². The number of ether oxygens (including phenoxy) is 4. The van der Waals surface area contributed by atoms with Gasteiger partial charge in [0.25, 0.3) is 0 Å². The molecule has 1 saturated heterocycles. The van der Waals surface area contributed by atoms with E-state index in [0.717, 1.165) is 60.2 Å². The van der Waals surface area contributed by atoms with Crippen LogP contribution >= 0.6 is 11.3 Å². The topological polar surface area (TPSA) is 72.4 Å². The second kappa shape index (κ2) is 12.6. The van der Waals surface area contributed by atoms with Crippen molar-refractivity contribution in [2.75, 3.05) is 51.4 Å². The summed E-state index contributed by atoms with van der Waals surface area (Å²) in [5.41, 5.74) is 3.24. The Morgan fingerprint density at radius 2 is 1.90 bits per heavy atom. The van der Waals surface area contributed by atoms with E-state index >= 15 is 0 Å². The monoisotopic (exact) mass is 560 g/mol. The van der Waals surface area contributed by atoms with Crippen molar-refractivity contribution in [2.24, 2.45) is 0 Å². The third-order valence-electron chi connectivity index (χ3n) is 7.66. The van der Waals surface area contributed by atoms with Gasteiger partial charge in [-0.2, -0.15) is 0 Å². The summed E-state index contributed by atoms with van der Waals surface area (Å²) >= 11 is 1.72. The van der Waals surface area contributed by atoms with Gasteiger partial charge in [-0.15, -0.1) is 11.3 Å². The Morgan fingerprint density at radius 3 is 2.77 bits per heavy atom. The van der Waals surface area contributed by atoms with E-state index in [0.29, 0.717) is 26.3 Å². The van der Waals surface area contributed by atoms with Crippen molar-refractivity contribution in [3.8, 4) is 17.2 Å². The van der Waals surface area contributed by atoms with Gasteiger partial charge in [0.1, 0.15) is 23.9 Å². The van der Waals surface area contributed by atoms with E-state index in [1.54, 1.807) is 18.4 Å². The minimum atomic E-state index is -0.542. The van der Waals surface area contributed by atoms with Crippen molar-refractivity contribution in [3.05, 3.63) is 83.2 Å². The lowest BCUT2D eigenvalue weighted by atomic mass is 9.85. The molecule has 3 unspecified atom stereocenters. The number of benzene rings is 3. The Bertz CT molecular complexity index is 1410. The first kappa shape index (κ1) is 27.1. The lowest BCUT2D eigenvalue weighted by Gasteiger charge is -2.36. The number of rotatable bonds is 10. The molecule has 0 radical (unpaired) electrons. The van der Waals surface area contributed by atoms with Gasteiger partial charge in [0.2, 0.25) is 0 Å². The number of aliphatic hydroxyl groups excluding tert-OH is 1. The normalized spacial score (nSPS) is 20.8. The van der Waals surface area contributed by atoms with Gasteiger partial charge in [-0.25, -0.2) is 0 Å². The molecule has 0 saturated carbocycles. The average Bonchev–Trinajstić information content (AvgIpc) is 3.45. The fourth-order valence-electron chi connectivity index (χ4n) is 5.62. The maximum Gasteiger partial charge on any atom is 0.142 e. The molecule has 6 rings (SSSR count). The van der Waals surface area contributed by atoms with E-state index in [9.17, 15) is 5.11 Å². The van der Waals surface area contributed by atoms with Gasteiger partial charge >= 0.3 is 0 Å². The lowest BCUT2D eigenvalue weighted by molar-refractivity contribution is -0.0328. The SMILES string of the molecule is COCCCN1CCOc2ccc(COC3CNCC(O)C3c3ccc(Oc4ccc5sccc5c4)cc3)cc21. The Morgan fingerprint density at radius 1 is 1.02 bits per heavy atom. The van der Waals surface area contributed by atoms with E-state index in [2.05, 4.69) is 45.9 Å². The lowest BCUT2D eigenvalue weighted by Crippen LogP contribution is -2.49. The number of aliphatic hydroxyl groups is 1. The van der Waals surface area contributed by atoms with Crippen LogP contribution in [0.15, 0.2) is 72.1 Å². The number of nitrogens with one attached hydrogen (secondary N) is 1. The van der Waals surface area contributed by atoms with Crippen molar-refractivity contribution < 1.29 is 24.1 Å². The van der Waals surface area contributed by atoms with Crippen molar-refractivity contribution in [3.63, 3.8) is 0 Å². The highest BCUT2D eigenvalue weighted by Gasteiger charge is 2.34. The molecule has 3 heterocycles. The summed E-state index contributed by atoms with van der Waals surface area (Å²) < 4.78 is 25.0. The zero-order chi connectivity index (χ0) is 27.3.